The standard InChI is InChI=1S/C13H16O4/c1-4-13(15)17-12-7-10(5-6-11(12)14)16-8-9(2)3/h5-7,14H,2,4,8H2,1,3H3. The van der Waals surface area contributed by atoms with Gasteiger partial charge >= 0.3 is 5.97 Å². The van der Waals surface area contributed by atoms with Crippen LogP contribution in [0, 0.1) is 0 Å². The molecule has 1 aromatic rings. The number of ether oxygens (including phenoxy) is 2. The fourth-order valence-electron chi connectivity index (χ4n) is 1.07. The van der Waals surface area contributed by atoms with Crippen molar-refractivity contribution < 1.29 is 19.4 Å². The van der Waals surface area contributed by atoms with Crippen molar-refractivity contribution in [1.82, 2.24) is 0 Å². The minimum Gasteiger partial charge on any atom is -0.504 e. The monoisotopic (exact) mass is 236 g/mol. The lowest BCUT2D eigenvalue weighted by Crippen LogP contribution is -2.06. The van der Waals surface area contributed by atoms with Crippen LogP contribution >= 0.6 is 0 Å². The molecule has 0 unspecified atom stereocenters. The molecular formula is C13H16O4. The molecule has 0 aromatic heterocycles. The summed E-state index contributed by atoms with van der Waals surface area (Å²) >= 11 is 0. The van der Waals surface area contributed by atoms with Crippen molar-refractivity contribution in [3.8, 4) is 17.2 Å². The molecule has 0 atom stereocenters. The molecule has 0 spiro atoms. The molecule has 1 N–H and O–H groups in total. The van der Waals surface area contributed by atoms with Gasteiger partial charge in [0.1, 0.15) is 12.4 Å². The quantitative estimate of drug-likeness (QED) is 0.485. The normalized spacial score (nSPS) is 9.76. The highest BCUT2D eigenvalue weighted by molar-refractivity contribution is 5.73. The van der Waals surface area contributed by atoms with Gasteiger partial charge < -0.3 is 14.6 Å². The van der Waals surface area contributed by atoms with Gasteiger partial charge in [-0.15, -0.1) is 0 Å². The summed E-state index contributed by atoms with van der Waals surface area (Å²) in [6.07, 6.45) is 0.246. The molecule has 0 saturated heterocycles. The summed E-state index contributed by atoms with van der Waals surface area (Å²) in [7, 11) is 0. The van der Waals surface area contributed by atoms with E-state index in [0.29, 0.717) is 12.4 Å². The molecule has 0 amide bonds. The van der Waals surface area contributed by atoms with Crippen LogP contribution in [-0.4, -0.2) is 17.7 Å². The van der Waals surface area contributed by atoms with Gasteiger partial charge in [-0.25, -0.2) is 0 Å². The van der Waals surface area contributed by atoms with E-state index < -0.39 is 5.97 Å². The molecule has 0 saturated carbocycles. The summed E-state index contributed by atoms with van der Waals surface area (Å²) in [4.78, 5) is 11.1. The van der Waals surface area contributed by atoms with Crippen molar-refractivity contribution in [3.63, 3.8) is 0 Å². The second kappa shape index (κ2) is 5.94. The Morgan fingerprint density at radius 2 is 2.18 bits per heavy atom. The van der Waals surface area contributed by atoms with Gasteiger partial charge in [0.15, 0.2) is 11.5 Å². The van der Waals surface area contributed by atoms with Gasteiger partial charge in [-0.1, -0.05) is 13.5 Å². The molecule has 4 nitrogen and oxygen atoms in total. The van der Waals surface area contributed by atoms with Crippen LogP contribution in [0.1, 0.15) is 20.3 Å². The van der Waals surface area contributed by atoms with Crippen molar-refractivity contribution in [1.29, 1.82) is 0 Å². The number of carbonyl (C=O) groups is 1. The molecule has 0 radical (unpaired) electrons. The second-order valence-electron chi connectivity index (χ2n) is 3.70. The average molecular weight is 236 g/mol. The molecule has 0 fully saturated rings. The van der Waals surface area contributed by atoms with Crippen LogP contribution in [0.2, 0.25) is 0 Å². The number of phenolic OH excluding ortho intramolecular Hbond substituents is 1. The Labute approximate surface area is 100 Å². The third-order valence-electron chi connectivity index (χ3n) is 1.93. The topological polar surface area (TPSA) is 55.8 Å². The van der Waals surface area contributed by atoms with Gasteiger partial charge in [-0.3, -0.25) is 4.79 Å². The zero-order valence-electron chi connectivity index (χ0n) is 10.0. The Bertz CT molecular complexity index is 423. The molecule has 1 aromatic carbocycles. The van der Waals surface area contributed by atoms with Crippen LogP contribution in [0.3, 0.4) is 0 Å². The van der Waals surface area contributed by atoms with E-state index in [-0.39, 0.29) is 17.9 Å². The molecule has 4 heteroatoms. The lowest BCUT2D eigenvalue weighted by molar-refractivity contribution is -0.134. The lowest BCUT2D eigenvalue weighted by atomic mass is 10.3. The Morgan fingerprint density at radius 3 is 2.76 bits per heavy atom. The van der Waals surface area contributed by atoms with E-state index in [0.717, 1.165) is 5.57 Å². The molecule has 0 aliphatic heterocycles. The van der Waals surface area contributed by atoms with Crippen molar-refractivity contribution in [2.45, 2.75) is 20.3 Å². The van der Waals surface area contributed by atoms with E-state index in [9.17, 15) is 9.90 Å². The number of aromatic hydroxyl groups is 1. The van der Waals surface area contributed by atoms with Crippen molar-refractivity contribution in [2.75, 3.05) is 6.61 Å². The number of hydrogen-bond donors (Lipinski definition) is 1. The summed E-state index contributed by atoms with van der Waals surface area (Å²) in [6, 6.07) is 4.50. The Balaban J connectivity index is 2.79. The molecule has 92 valence electrons. The van der Waals surface area contributed by atoms with Crippen LogP contribution in [0.5, 0.6) is 17.2 Å². The van der Waals surface area contributed by atoms with Gasteiger partial charge in [0, 0.05) is 12.5 Å². The zero-order chi connectivity index (χ0) is 12.8. The number of esters is 1. The predicted octanol–water partition coefficient (Wildman–Crippen LogP) is 2.66. The summed E-state index contributed by atoms with van der Waals surface area (Å²) in [5.41, 5.74) is 0.880. The van der Waals surface area contributed by atoms with E-state index in [4.69, 9.17) is 9.47 Å². The molecule has 0 aliphatic carbocycles. The van der Waals surface area contributed by atoms with Crippen LogP contribution in [0.4, 0.5) is 0 Å². The average Bonchev–Trinajstić information content (AvgIpc) is 2.29. The third-order valence-corrected chi connectivity index (χ3v) is 1.93. The van der Waals surface area contributed by atoms with Gasteiger partial charge in [0.25, 0.3) is 0 Å². The maximum atomic E-state index is 11.1. The van der Waals surface area contributed by atoms with Gasteiger partial charge in [0.05, 0.1) is 0 Å². The molecule has 17 heavy (non-hydrogen) atoms. The minimum atomic E-state index is -0.405. The zero-order valence-corrected chi connectivity index (χ0v) is 10.0. The minimum absolute atomic E-state index is 0.0884. The van der Waals surface area contributed by atoms with E-state index in [1.54, 1.807) is 13.0 Å². The van der Waals surface area contributed by atoms with Crippen LogP contribution in [0.25, 0.3) is 0 Å². The Hall–Kier alpha value is -1.97. The molecule has 1 rings (SSSR count). The maximum absolute atomic E-state index is 11.1. The van der Waals surface area contributed by atoms with Gasteiger partial charge in [-0.05, 0) is 24.6 Å². The van der Waals surface area contributed by atoms with Crippen LogP contribution in [0.15, 0.2) is 30.4 Å². The smallest absolute Gasteiger partial charge is 0.311 e. The largest absolute Gasteiger partial charge is 0.504 e. The van der Waals surface area contributed by atoms with Gasteiger partial charge in [-0.2, -0.15) is 0 Å². The molecule has 0 heterocycles. The van der Waals surface area contributed by atoms with E-state index >= 15 is 0 Å². The van der Waals surface area contributed by atoms with Gasteiger partial charge in [0.2, 0.25) is 0 Å². The SMILES string of the molecule is C=C(C)COc1ccc(O)c(OC(=O)CC)c1. The highest BCUT2D eigenvalue weighted by atomic mass is 16.5. The Kier molecular flexibility index (Phi) is 4.57. The second-order valence-corrected chi connectivity index (χ2v) is 3.70. The van der Waals surface area contributed by atoms with E-state index in [1.807, 2.05) is 6.92 Å². The first-order valence-electron chi connectivity index (χ1n) is 5.33. The van der Waals surface area contributed by atoms with Crippen molar-refractivity contribution >= 4 is 5.97 Å². The number of carbonyl (C=O) groups excluding carboxylic acids is 1. The number of hydrogen-bond acceptors (Lipinski definition) is 4. The summed E-state index contributed by atoms with van der Waals surface area (Å²) < 4.78 is 10.3. The fraction of sp³-hybridized carbons (Fsp3) is 0.308. The van der Waals surface area contributed by atoms with Crippen molar-refractivity contribution in [3.05, 3.63) is 30.4 Å². The van der Waals surface area contributed by atoms with E-state index in [2.05, 4.69) is 6.58 Å². The predicted molar refractivity (Wildman–Crippen MR) is 64.3 cm³/mol. The van der Waals surface area contributed by atoms with Crippen LogP contribution < -0.4 is 9.47 Å². The Morgan fingerprint density at radius 1 is 1.47 bits per heavy atom. The summed E-state index contributed by atoms with van der Waals surface area (Å²) in [5, 5.41) is 9.51. The lowest BCUT2D eigenvalue weighted by Gasteiger charge is -2.09. The molecular weight excluding hydrogens is 220 g/mol. The first-order chi connectivity index (χ1) is 8.02. The van der Waals surface area contributed by atoms with Crippen LogP contribution in [-0.2, 0) is 4.79 Å². The maximum Gasteiger partial charge on any atom is 0.311 e. The molecule has 0 bridgehead atoms. The number of rotatable bonds is 5. The first-order valence-corrected chi connectivity index (χ1v) is 5.33. The van der Waals surface area contributed by atoms with E-state index in [1.165, 1.54) is 12.1 Å². The number of phenols is 1. The number of benzene rings is 1. The molecule has 0 aliphatic rings. The highest BCUT2D eigenvalue weighted by Crippen LogP contribution is 2.30. The summed E-state index contributed by atoms with van der Waals surface area (Å²) in [5.74, 6) is 0.132. The van der Waals surface area contributed by atoms with Crippen molar-refractivity contribution in [2.24, 2.45) is 0 Å². The fourth-order valence-corrected chi connectivity index (χ4v) is 1.07. The third kappa shape index (κ3) is 4.18. The highest BCUT2D eigenvalue weighted by Gasteiger charge is 2.08. The first kappa shape index (κ1) is 13.1. The summed E-state index contributed by atoms with van der Waals surface area (Å²) in [6.45, 7) is 7.62.